The lowest BCUT2D eigenvalue weighted by atomic mass is 9.98. The molecule has 2 heterocycles. The van der Waals surface area contributed by atoms with Gasteiger partial charge in [-0.15, -0.1) is 0 Å². The minimum absolute atomic E-state index is 0.0642. The number of carbonyl (C=O) groups is 1. The zero-order chi connectivity index (χ0) is 14.0. The second-order valence-electron chi connectivity index (χ2n) is 5.18. The molecule has 1 fully saturated rings. The summed E-state index contributed by atoms with van der Waals surface area (Å²) < 4.78 is 1.62. The van der Waals surface area contributed by atoms with E-state index in [-0.39, 0.29) is 11.6 Å². The van der Waals surface area contributed by atoms with E-state index in [9.17, 15) is 9.59 Å². The van der Waals surface area contributed by atoms with Gasteiger partial charge in [-0.25, -0.2) is 4.98 Å². The van der Waals surface area contributed by atoms with Crippen LogP contribution in [0.2, 0.25) is 0 Å². The van der Waals surface area contributed by atoms with E-state index < -0.39 is 11.9 Å². The van der Waals surface area contributed by atoms with Gasteiger partial charge in [-0.2, -0.15) is 0 Å². The third-order valence-corrected chi connectivity index (χ3v) is 3.48. The lowest BCUT2D eigenvalue weighted by molar-refractivity contribution is -0.141. The third-order valence-electron chi connectivity index (χ3n) is 3.48. The Bertz CT molecular complexity index is 524. The van der Waals surface area contributed by atoms with Crippen molar-refractivity contribution in [1.29, 1.82) is 0 Å². The van der Waals surface area contributed by atoms with Crippen LogP contribution in [0.4, 0.5) is 5.82 Å². The summed E-state index contributed by atoms with van der Waals surface area (Å²) in [6.07, 6.45) is 4.70. The van der Waals surface area contributed by atoms with E-state index in [2.05, 4.69) is 4.98 Å². The fraction of sp³-hybridized carbons (Fsp3) is 0.615. The Kier molecular flexibility index (Phi) is 3.87. The number of aliphatic carboxylic acids is 1. The van der Waals surface area contributed by atoms with Gasteiger partial charge in [0.25, 0.3) is 5.56 Å². The van der Waals surface area contributed by atoms with Gasteiger partial charge in [-0.1, -0.05) is 0 Å². The third kappa shape index (κ3) is 2.77. The minimum atomic E-state index is -0.801. The zero-order valence-corrected chi connectivity index (χ0v) is 11.2. The van der Waals surface area contributed by atoms with Crippen LogP contribution in [0.15, 0.2) is 17.2 Å². The Morgan fingerprint density at radius 2 is 2.26 bits per heavy atom. The molecule has 1 aromatic rings. The highest BCUT2D eigenvalue weighted by Gasteiger charge is 2.27. The van der Waals surface area contributed by atoms with Crippen molar-refractivity contribution in [3.63, 3.8) is 0 Å². The number of carboxylic acid groups (broad SMARTS) is 1. The normalized spacial score (nSPS) is 19.7. The van der Waals surface area contributed by atoms with E-state index in [0.717, 1.165) is 6.42 Å². The van der Waals surface area contributed by atoms with Crippen LogP contribution in [-0.4, -0.2) is 33.7 Å². The van der Waals surface area contributed by atoms with Crippen LogP contribution in [0.25, 0.3) is 0 Å². The average molecular weight is 265 g/mol. The van der Waals surface area contributed by atoms with E-state index in [1.54, 1.807) is 21.9 Å². The van der Waals surface area contributed by atoms with Gasteiger partial charge in [-0.3, -0.25) is 9.59 Å². The van der Waals surface area contributed by atoms with Crippen LogP contribution >= 0.6 is 0 Å². The number of piperidine rings is 1. The molecule has 1 atom stereocenters. The standard InChI is InChI=1S/C13H19N3O3/c1-9(2)16-7-5-14-11(12(16)17)15-6-3-4-10(8-15)13(18)19/h5,7,9-10H,3-4,6,8H2,1-2H3,(H,18,19). The molecule has 1 aliphatic rings. The Balaban J connectivity index is 2.29. The van der Waals surface area contributed by atoms with Crippen LogP contribution in [0, 0.1) is 5.92 Å². The number of rotatable bonds is 3. The van der Waals surface area contributed by atoms with Crippen LogP contribution in [0.5, 0.6) is 0 Å². The molecule has 6 heteroatoms. The molecule has 0 aliphatic carbocycles. The SMILES string of the molecule is CC(C)n1ccnc(N2CCCC(C(=O)O)C2)c1=O. The first-order valence-electron chi connectivity index (χ1n) is 6.55. The smallest absolute Gasteiger partial charge is 0.308 e. The topological polar surface area (TPSA) is 75.4 Å². The number of anilines is 1. The van der Waals surface area contributed by atoms with Gasteiger partial charge in [0, 0.05) is 31.5 Å². The predicted octanol–water partition coefficient (Wildman–Crippen LogP) is 1.13. The van der Waals surface area contributed by atoms with Gasteiger partial charge in [0.15, 0.2) is 5.82 Å². The fourth-order valence-corrected chi connectivity index (χ4v) is 2.41. The molecule has 6 nitrogen and oxygen atoms in total. The van der Waals surface area contributed by atoms with Crippen LogP contribution in [0.1, 0.15) is 32.7 Å². The molecule has 1 saturated heterocycles. The summed E-state index contributed by atoms with van der Waals surface area (Å²) >= 11 is 0. The molecular formula is C13H19N3O3. The molecule has 1 unspecified atom stereocenters. The summed E-state index contributed by atoms with van der Waals surface area (Å²) in [5.74, 6) is -0.852. The molecule has 0 radical (unpaired) electrons. The van der Waals surface area contributed by atoms with Gasteiger partial charge in [-0.05, 0) is 26.7 Å². The van der Waals surface area contributed by atoms with Gasteiger partial charge in [0.2, 0.25) is 0 Å². The van der Waals surface area contributed by atoms with Crippen molar-refractivity contribution >= 4 is 11.8 Å². The number of carboxylic acids is 1. The van der Waals surface area contributed by atoms with E-state index in [1.165, 1.54) is 0 Å². The largest absolute Gasteiger partial charge is 0.481 e. The van der Waals surface area contributed by atoms with Crippen LogP contribution in [-0.2, 0) is 4.79 Å². The molecule has 0 bridgehead atoms. The van der Waals surface area contributed by atoms with Gasteiger partial charge in [0.05, 0.1) is 5.92 Å². The van der Waals surface area contributed by atoms with Crippen molar-refractivity contribution in [1.82, 2.24) is 9.55 Å². The highest BCUT2D eigenvalue weighted by molar-refractivity contribution is 5.71. The molecular weight excluding hydrogens is 246 g/mol. The zero-order valence-electron chi connectivity index (χ0n) is 11.2. The second-order valence-corrected chi connectivity index (χ2v) is 5.18. The van der Waals surface area contributed by atoms with E-state index in [4.69, 9.17) is 5.11 Å². The maximum atomic E-state index is 12.3. The van der Waals surface area contributed by atoms with Gasteiger partial charge >= 0.3 is 5.97 Å². The summed E-state index contributed by atoms with van der Waals surface area (Å²) in [4.78, 5) is 29.3. The van der Waals surface area contributed by atoms with Crippen molar-refractivity contribution in [3.05, 3.63) is 22.7 Å². The van der Waals surface area contributed by atoms with Crippen molar-refractivity contribution in [2.45, 2.75) is 32.7 Å². The first kappa shape index (κ1) is 13.6. The summed E-state index contributed by atoms with van der Waals surface area (Å²) in [5, 5.41) is 9.08. The summed E-state index contributed by atoms with van der Waals surface area (Å²) in [5.41, 5.74) is -0.150. The minimum Gasteiger partial charge on any atom is -0.481 e. The first-order valence-corrected chi connectivity index (χ1v) is 6.55. The maximum absolute atomic E-state index is 12.3. The molecule has 1 N–H and O–H groups in total. The van der Waals surface area contributed by atoms with Crippen molar-refractivity contribution < 1.29 is 9.90 Å². The Morgan fingerprint density at radius 1 is 1.53 bits per heavy atom. The quantitative estimate of drug-likeness (QED) is 0.886. The molecule has 19 heavy (non-hydrogen) atoms. The van der Waals surface area contributed by atoms with Crippen molar-refractivity contribution in [2.24, 2.45) is 5.92 Å². The van der Waals surface area contributed by atoms with Gasteiger partial charge in [0.1, 0.15) is 0 Å². The summed E-state index contributed by atoms with van der Waals surface area (Å²) in [7, 11) is 0. The van der Waals surface area contributed by atoms with E-state index in [1.807, 2.05) is 13.8 Å². The summed E-state index contributed by atoms with van der Waals surface area (Å²) in [6.45, 7) is 4.91. The highest BCUT2D eigenvalue weighted by Crippen LogP contribution is 2.19. The number of hydrogen-bond donors (Lipinski definition) is 1. The Labute approximate surface area is 111 Å². The fourth-order valence-electron chi connectivity index (χ4n) is 2.41. The van der Waals surface area contributed by atoms with Crippen LogP contribution in [0.3, 0.4) is 0 Å². The highest BCUT2D eigenvalue weighted by atomic mass is 16.4. The Morgan fingerprint density at radius 3 is 2.89 bits per heavy atom. The molecule has 0 amide bonds. The molecule has 1 aliphatic heterocycles. The molecule has 0 saturated carbocycles. The molecule has 0 spiro atoms. The molecule has 104 valence electrons. The summed E-state index contributed by atoms with van der Waals surface area (Å²) in [6, 6.07) is 0.0642. The lowest BCUT2D eigenvalue weighted by Gasteiger charge is -2.31. The first-order chi connectivity index (χ1) is 9.00. The number of hydrogen-bond acceptors (Lipinski definition) is 4. The van der Waals surface area contributed by atoms with Crippen molar-refractivity contribution in [2.75, 3.05) is 18.0 Å². The number of nitrogens with zero attached hydrogens (tertiary/aromatic N) is 3. The van der Waals surface area contributed by atoms with Crippen molar-refractivity contribution in [3.8, 4) is 0 Å². The Hall–Kier alpha value is -1.85. The second kappa shape index (κ2) is 5.42. The van der Waals surface area contributed by atoms with Gasteiger partial charge < -0.3 is 14.6 Å². The predicted molar refractivity (Wildman–Crippen MR) is 71.5 cm³/mol. The molecule has 0 aromatic carbocycles. The molecule has 2 rings (SSSR count). The lowest BCUT2D eigenvalue weighted by Crippen LogP contribution is -2.42. The number of aromatic nitrogens is 2. The monoisotopic (exact) mass is 265 g/mol. The molecule has 1 aromatic heterocycles. The average Bonchev–Trinajstić information content (AvgIpc) is 2.38. The van der Waals surface area contributed by atoms with E-state index >= 15 is 0 Å². The van der Waals surface area contributed by atoms with E-state index in [0.29, 0.717) is 25.3 Å². The van der Waals surface area contributed by atoms with Crippen LogP contribution < -0.4 is 10.5 Å². The maximum Gasteiger partial charge on any atom is 0.308 e.